The van der Waals surface area contributed by atoms with Crippen LogP contribution in [0.15, 0.2) is 91.7 Å². The van der Waals surface area contributed by atoms with Crippen LogP contribution in [0.2, 0.25) is 0 Å². The molecule has 2 unspecified atom stereocenters. The number of nitrogens with zero attached hydrogens (tertiary/aromatic N) is 2. The molecule has 200 valence electrons. The van der Waals surface area contributed by atoms with E-state index >= 15 is 0 Å². The van der Waals surface area contributed by atoms with Gasteiger partial charge in [-0.15, -0.1) is 0 Å². The second-order valence-electron chi connectivity index (χ2n) is 8.97. The summed E-state index contributed by atoms with van der Waals surface area (Å²) < 4.78 is 38.1. The number of nitrogen functional groups attached to an aromatic ring is 2. The van der Waals surface area contributed by atoms with Crippen LogP contribution in [0.4, 0.5) is 11.4 Å². The molecule has 0 aliphatic carbocycles. The minimum absolute atomic E-state index is 0.364. The summed E-state index contributed by atoms with van der Waals surface area (Å²) in [5, 5.41) is 0. The van der Waals surface area contributed by atoms with Crippen LogP contribution in [0.25, 0.3) is 0 Å². The van der Waals surface area contributed by atoms with Gasteiger partial charge in [0.25, 0.3) is 6.29 Å². The molecule has 0 amide bonds. The van der Waals surface area contributed by atoms with Crippen molar-refractivity contribution in [1.82, 2.24) is 4.57 Å². The highest BCUT2D eigenvalue weighted by Crippen LogP contribution is 2.32. The van der Waals surface area contributed by atoms with Crippen LogP contribution in [-0.4, -0.2) is 24.1 Å². The minimum Gasteiger partial charge on any atom is -0.463 e. The number of hydrogen-bond acceptors (Lipinski definition) is 8. The molecular weight excluding hydrogens is 488 g/mol. The van der Waals surface area contributed by atoms with Crippen molar-refractivity contribution in [3.8, 4) is 0 Å². The maximum absolute atomic E-state index is 5.99. The molecule has 2 aliphatic heterocycles. The number of aromatic nitrogens is 2. The number of aryl methyl sites for hydroxylation is 2. The fraction of sp³-hybridized carbons (Fsp3) is 0.321. The first-order valence-electron chi connectivity index (χ1n) is 12.7. The molecule has 0 fully saturated rings. The van der Waals surface area contributed by atoms with E-state index in [9.17, 15) is 0 Å². The quantitative estimate of drug-likeness (QED) is 0.199. The van der Waals surface area contributed by atoms with Crippen molar-refractivity contribution in [2.75, 3.05) is 24.7 Å². The first kappa shape index (κ1) is 25.2. The van der Waals surface area contributed by atoms with E-state index in [4.69, 9.17) is 39.9 Å². The number of para-hydroxylation sites is 2. The highest BCUT2D eigenvalue weighted by Gasteiger charge is 2.24. The summed E-state index contributed by atoms with van der Waals surface area (Å²) in [7, 11) is 0. The van der Waals surface area contributed by atoms with Crippen molar-refractivity contribution < 1.29 is 33.0 Å². The van der Waals surface area contributed by atoms with Crippen molar-refractivity contribution in [1.29, 1.82) is 0 Å². The van der Waals surface area contributed by atoms with Gasteiger partial charge in [-0.05, 0) is 23.8 Å². The molecule has 0 bridgehead atoms. The molecule has 3 aromatic rings. The van der Waals surface area contributed by atoms with Crippen LogP contribution in [0.5, 0.6) is 0 Å². The summed E-state index contributed by atoms with van der Waals surface area (Å²) in [6, 6.07) is 15.1. The van der Waals surface area contributed by atoms with Crippen molar-refractivity contribution in [2.45, 2.75) is 44.9 Å². The first-order chi connectivity index (χ1) is 18.6. The number of hydrogen-bond donors (Lipinski definition) is 2. The average Bonchev–Trinajstić information content (AvgIpc) is 3.68. The van der Waals surface area contributed by atoms with Gasteiger partial charge in [0.2, 0.25) is 12.6 Å². The Balaban J connectivity index is 0.933. The lowest BCUT2D eigenvalue weighted by Gasteiger charge is -2.13. The van der Waals surface area contributed by atoms with Gasteiger partial charge in [-0.3, -0.25) is 0 Å². The Morgan fingerprint density at radius 1 is 0.842 bits per heavy atom. The molecule has 0 spiro atoms. The zero-order chi connectivity index (χ0) is 26.2. The van der Waals surface area contributed by atoms with Crippen LogP contribution in [0.1, 0.15) is 30.3 Å². The normalized spacial score (nSPS) is 18.0. The van der Waals surface area contributed by atoms with E-state index in [2.05, 4.69) is 15.5 Å². The Hall–Kier alpha value is -4.47. The highest BCUT2D eigenvalue weighted by molar-refractivity contribution is 5.47. The standard InChI is InChI=1S/C28H33N4O6/c29-23-9-3-1-7-21(23)17-25-35-18-26(37-25)33-15-5-11-31-13-14-32(20-31)12-6-16-34-27-19-36-28(38-27)22-8-2-4-10-24(22)30/h1-4,7-10,13-14,18-20,25,28H,5-6,11-12,15-17,29-30H2/q+1. The van der Waals surface area contributed by atoms with E-state index in [1.54, 1.807) is 0 Å². The SMILES string of the molecule is Nc1ccccc1CC1OC=C(OCCCn2cc[n+](CCCOC3=COC(c4ccccc4N)O3)c2)O1. The molecule has 2 atom stereocenters. The van der Waals surface area contributed by atoms with Crippen LogP contribution in [0.3, 0.4) is 0 Å². The highest BCUT2D eigenvalue weighted by atomic mass is 16.8. The summed E-state index contributed by atoms with van der Waals surface area (Å²) in [5.74, 6) is 0.764. The molecule has 3 heterocycles. The van der Waals surface area contributed by atoms with Crippen molar-refractivity contribution >= 4 is 11.4 Å². The fourth-order valence-electron chi connectivity index (χ4n) is 4.13. The summed E-state index contributed by atoms with van der Waals surface area (Å²) in [6.07, 6.45) is 10.4. The fourth-order valence-corrected chi connectivity index (χ4v) is 4.13. The maximum Gasteiger partial charge on any atom is 0.319 e. The van der Waals surface area contributed by atoms with Crippen molar-refractivity contribution in [3.05, 3.63) is 103 Å². The lowest BCUT2D eigenvalue weighted by molar-refractivity contribution is -0.697. The average molecular weight is 522 g/mol. The van der Waals surface area contributed by atoms with Gasteiger partial charge in [0.05, 0.1) is 31.9 Å². The molecular formula is C28H33N4O6+. The monoisotopic (exact) mass is 521 g/mol. The molecule has 5 rings (SSSR count). The van der Waals surface area contributed by atoms with Gasteiger partial charge < -0.3 is 39.9 Å². The Kier molecular flexibility index (Phi) is 8.07. The summed E-state index contributed by atoms with van der Waals surface area (Å²) in [5.41, 5.74) is 15.1. The number of imidazole rings is 1. The van der Waals surface area contributed by atoms with Crippen LogP contribution in [0, 0.1) is 0 Å². The predicted molar refractivity (Wildman–Crippen MR) is 138 cm³/mol. The Morgan fingerprint density at radius 3 is 2.42 bits per heavy atom. The van der Waals surface area contributed by atoms with Crippen molar-refractivity contribution in [2.24, 2.45) is 0 Å². The maximum atomic E-state index is 5.99. The minimum atomic E-state index is -0.572. The Morgan fingerprint density at radius 2 is 1.58 bits per heavy atom. The van der Waals surface area contributed by atoms with Gasteiger partial charge in [-0.25, -0.2) is 9.13 Å². The van der Waals surface area contributed by atoms with Crippen LogP contribution >= 0.6 is 0 Å². The van der Waals surface area contributed by atoms with Crippen LogP contribution in [-0.2, 0) is 47.9 Å². The van der Waals surface area contributed by atoms with E-state index in [0.717, 1.165) is 42.7 Å². The van der Waals surface area contributed by atoms with Gasteiger partial charge in [0.15, 0.2) is 12.5 Å². The lowest BCUT2D eigenvalue weighted by atomic mass is 10.1. The van der Waals surface area contributed by atoms with Crippen LogP contribution < -0.4 is 16.0 Å². The lowest BCUT2D eigenvalue weighted by Crippen LogP contribution is -2.31. The zero-order valence-corrected chi connectivity index (χ0v) is 21.1. The van der Waals surface area contributed by atoms with Crippen molar-refractivity contribution in [3.63, 3.8) is 0 Å². The number of benzene rings is 2. The number of ether oxygens (including phenoxy) is 6. The third-order valence-corrected chi connectivity index (χ3v) is 6.12. The molecule has 0 radical (unpaired) electrons. The molecule has 2 aliphatic rings. The smallest absolute Gasteiger partial charge is 0.319 e. The van der Waals surface area contributed by atoms with E-state index in [0.29, 0.717) is 37.2 Å². The Labute approximate surface area is 221 Å². The topological polar surface area (TPSA) is 116 Å². The molecule has 38 heavy (non-hydrogen) atoms. The van der Waals surface area contributed by atoms with Gasteiger partial charge >= 0.3 is 11.9 Å². The molecule has 10 heteroatoms. The molecule has 4 N–H and O–H groups in total. The summed E-state index contributed by atoms with van der Waals surface area (Å²) in [6.45, 7) is 2.67. The Bertz CT molecular complexity index is 1270. The number of nitrogens with two attached hydrogens (primary N) is 2. The predicted octanol–water partition coefficient (Wildman–Crippen LogP) is 3.71. The summed E-state index contributed by atoms with van der Waals surface area (Å²) >= 11 is 0. The molecule has 0 saturated heterocycles. The summed E-state index contributed by atoms with van der Waals surface area (Å²) in [4.78, 5) is 0. The number of rotatable bonds is 13. The van der Waals surface area contributed by atoms with Gasteiger partial charge in [-0.1, -0.05) is 30.3 Å². The van der Waals surface area contributed by atoms with E-state index in [-0.39, 0.29) is 0 Å². The first-order valence-corrected chi connectivity index (χ1v) is 12.7. The molecule has 0 saturated carbocycles. The van der Waals surface area contributed by atoms with E-state index in [1.807, 2.05) is 60.9 Å². The molecule has 2 aromatic carbocycles. The molecule has 1 aromatic heterocycles. The van der Waals surface area contributed by atoms with E-state index < -0.39 is 12.6 Å². The van der Waals surface area contributed by atoms with E-state index in [1.165, 1.54) is 12.5 Å². The van der Waals surface area contributed by atoms with Gasteiger partial charge in [0, 0.05) is 30.6 Å². The van der Waals surface area contributed by atoms with Gasteiger partial charge in [-0.2, -0.15) is 0 Å². The van der Waals surface area contributed by atoms with Gasteiger partial charge in [0.1, 0.15) is 12.4 Å². The third-order valence-electron chi connectivity index (χ3n) is 6.12. The number of anilines is 2. The zero-order valence-electron chi connectivity index (χ0n) is 21.1. The second-order valence-corrected chi connectivity index (χ2v) is 8.97. The largest absolute Gasteiger partial charge is 0.463 e. The third kappa shape index (κ3) is 6.64. The molecule has 10 nitrogen and oxygen atoms in total. The second kappa shape index (κ2) is 12.2.